The number of aromatic nitrogens is 2. The number of carboxylic acid groups (broad SMARTS) is 1. The topological polar surface area (TPSA) is 55.1 Å². The number of nitrogens with zero attached hydrogens (tertiary/aromatic N) is 2. The molecule has 0 atom stereocenters. The van der Waals surface area contributed by atoms with Crippen LogP contribution >= 0.6 is 0 Å². The second kappa shape index (κ2) is 5.22. The molecule has 0 aliphatic heterocycles. The molecular formula is C14H15FN2O2. The number of halogens is 1. The van der Waals surface area contributed by atoms with Gasteiger partial charge in [-0.15, -0.1) is 0 Å². The Kier molecular flexibility index (Phi) is 3.64. The second-order valence-corrected chi connectivity index (χ2v) is 4.81. The van der Waals surface area contributed by atoms with E-state index >= 15 is 0 Å². The van der Waals surface area contributed by atoms with Crippen LogP contribution in [0.2, 0.25) is 0 Å². The lowest BCUT2D eigenvalue weighted by atomic mass is 10.1. The van der Waals surface area contributed by atoms with E-state index in [-0.39, 0.29) is 11.5 Å². The van der Waals surface area contributed by atoms with E-state index in [0.717, 1.165) is 0 Å². The average molecular weight is 262 g/mol. The van der Waals surface area contributed by atoms with Crippen LogP contribution in [0, 0.1) is 11.7 Å². The summed E-state index contributed by atoms with van der Waals surface area (Å²) in [5, 5.41) is 13.1. The van der Waals surface area contributed by atoms with Crippen molar-refractivity contribution in [2.45, 2.75) is 20.4 Å². The van der Waals surface area contributed by atoms with Crippen LogP contribution in [-0.2, 0) is 6.54 Å². The average Bonchev–Trinajstić information content (AvgIpc) is 2.72. The summed E-state index contributed by atoms with van der Waals surface area (Å²) in [5.41, 5.74) is 1.21. The lowest BCUT2D eigenvalue weighted by Crippen LogP contribution is -2.09. The zero-order valence-electron chi connectivity index (χ0n) is 10.8. The summed E-state index contributed by atoms with van der Waals surface area (Å²) in [7, 11) is 0. The molecule has 0 bridgehead atoms. The van der Waals surface area contributed by atoms with E-state index in [9.17, 15) is 9.18 Å². The van der Waals surface area contributed by atoms with Crippen LogP contribution in [-0.4, -0.2) is 20.9 Å². The maximum absolute atomic E-state index is 13.3. The van der Waals surface area contributed by atoms with E-state index in [4.69, 9.17) is 5.11 Å². The van der Waals surface area contributed by atoms with Crippen LogP contribution in [0.1, 0.15) is 24.3 Å². The van der Waals surface area contributed by atoms with Crippen LogP contribution in [0.3, 0.4) is 0 Å². The summed E-state index contributed by atoms with van der Waals surface area (Å²) in [6.45, 7) is 4.61. The van der Waals surface area contributed by atoms with Gasteiger partial charge in [-0.2, -0.15) is 5.10 Å². The molecule has 0 fully saturated rings. The largest absolute Gasteiger partial charge is 0.476 e. The molecule has 0 spiro atoms. The Bertz CT molecular complexity index is 605. The van der Waals surface area contributed by atoms with Gasteiger partial charge in [-0.3, -0.25) is 4.68 Å². The predicted molar refractivity (Wildman–Crippen MR) is 69.4 cm³/mol. The maximum atomic E-state index is 13.3. The first-order valence-electron chi connectivity index (χ1n) is 6.04. The highest BCUT2D eigenvalue weighted by atomic mass is 19.1. The van der Waals surface area contributed by atoms with Crippen molar-refractivity contribution in [2.24, 2.45) is 5.92 Å². The Morgan fingerprint density at radius 3 is 2.74 bits per heavy atom. The first-order chi connectivity index (χ1) is 8.97. The molecule has 2 rings (SSSR count). The minimum absolute atomic E-state index is 0.0279. The molecule has 1 aromatic heterocycles. The van der Waals surface area contributed by atoms with Gasteiger partial charge in [-0.25, -0.2) is 9.18 Å². The van der Waals surface area contributed by atoms with Gasteiger partial charge >= 0.3 is 5.97 Å². The monoisotopic (exact) mass is 262 g/mol. The number of hydrogen-bond acceptors (Lipinski definition) is 2. The third kappa shape index (κ3) is 2.99. The zero-order chi connectivity index (χ0) is 14.0. The molecule has 4 nitrogen and oxygen atoms in total. The summed E-state index contributed by atoms with van der Waals surface area (Å²) in [4.78, 5) is 11.0. The summed E-state index contributed by atoms with van der Waals surface area (Å²) < 4.78 is 14.9. The van der Waals surface area contributed by atoms with Crippen LogP contribution in [0.5, 0.6) is 0 Å². The normalized spacial score (nSPS) is 10.9. The van der Waals surface area contributed by atoms with Crippen molar-refractivity contribution in [1.82, 2.24) is 9.78 Å². The standard InChI is InChI=1S/C14H15FN2O2/c1-9(2)8-17-13(7-12(16-17)14(18)19)10-4-3-5-11(15)6-10/h3-7,9H,8H2,1-2H3,(H,18,19). The number of hydrogen-bond donors (Lipinski definition) is 1. The molecular weight excluding hydrogens is 247 g/mol. The third-order valence-corrected chi connectivity index (χ3v) is 2.66. The molecule has 19 heavy (non-hydrogen) atoms. The quantitative estimate of drug-likeness (QED) is 0.921. The fourth-order valence-corrected chi connectivity index (χ4v) is 1.89. The zero-order valence-corrected chi connectivity index (χ0v) is 10.8. The Morgan fingerprint density at radius 1 is 1.42 bits per heavy atom. The van der Waals surface area contributed by atoms with E-state index in [2.05, 4.69) is 5.10 Å². The molecule has 100 valence electrons. The molecule has 0 unspecified atom stereocenters. The lowest BCUT2D eigenvalue weighted by Gasteiger charge is -2.09. The fourth-order valence-electron chi connectivity index (χ4n) is 1.89. The van der Waals surface area contributed by atoms with Gasteiger partial charge in [0.25, 0.3) is 0 Å². The lowest BCUT2D eigenvalue weighted by molar-refractivity contribution is 0.0689. The molecule has 1 N–H and O–H groups in total. The Labute approximate surface area is 110 Å². The van der Waals surface area contributed by atoms with Crippen LogP contribution in [0.25, 0.3) is 11.3 Å². The van der Waals surface area contributed by atoms with E-state index < -0.39 is 5.97 Å². The van der Waals surface area contributed by atoms with Crippen molar-refractivity contribution >= 4 is 5.97 Å². The molecule has 1 heterocycles. The highest BCUT2D eigenvalue weighted by Gasteiger charge is 2.15. The van der Waals surface area contributed by atoms with Crippen molar-refractivity contribution in [2.75, 3.05) is 0 Å². The van der Waals surface area contributed by atoms with Gasteiger partial charge in [0.2, 0.25) is 0 Å². The highest BCUT2D eigenvalue weighted by Crippen LogP contribution is 2.22. The number of benzene rings is 1. The van der Waals surface area contributed by atoms with Crippen molar-refractivity contribution in [3.05, 3.63) is 41.8 Å². The van der Waals surface area contributed by atoms with Gasteiger partial charge in [0.05, 0.1) is 5.69 Å². The molecule has 0 amide bonds. The summed E-state index contributed by atoms with van der Waals surface area (Å²) in [5.74, 6) is -1.12. The SMILES string of the molecule is CC(C)Cn1nc(C(=O)O)cc1-c1cccc(F)c1. The Morgan fingerprint density at radius 2 is 2.16 bits per heavy atom. The molecule has 0 radical (unpaired) electrons. The number of aromatic carboxylic acids is 1. The third-order valence-electron chi connectivity index (χ3n) is 2.66. The highest BCUT2D eigenvalue weighted by molar-refractivity contribution is 5.87. The van der Waals surface area contributed by atoms with E-state index in [0.29, 0.717) is 23.7 Å². The minimum atomic E-state index is -1.08. The Balaban J connectivity index is 2.50. The number of rotatable bonds is 4. The molecule has 2 aromatic rings. The molecule has 0 saturated heterocycles. The van der Waals surface area contributed by atoms with Crippen molar-refractivity contribution in [1.29, 1.82) is 0 Å². The van der Waals surface area contributed by atoms with Crippen molar-refractivity contribution in [3.8, 4) is 11.3 Å². The Hall–Kier alpha value is -2.17. The molecule has 0 saturated carbocycles. The molecule has 1 aromatic carbocycles. The first-order valence-corrected chi connectivity index (χ1v) is 6.04. The molecule has 0 aliphatic rings. The van der Waals surface area contributed by atoms with Crippen molar-refractivity contribution < 1.29 is 14.3 Å². The summed E-state index contributed by atoms with van der Waals surface area (Å²) >= 11 is 0. The van der Waals surface area contributed by atoms with Crippen LogP contribution < -0.4 is 0 Å². The predicted octanol–water partition coefficient (Wildman–Crippen LogP) is 3.04. The van der Waals surface area contributed by atoms with Crippen LogP contribution in [0.4, 0.5) is 4.39 Å². The van der Waals surface area contributed by atoms with E-state index in [1.165, 1.54) is 18.2 Å². The van der Waals surface area contributed by atoms with Gasteiger partial charge < -0.3 is 5.11 Å². The van der Waals surface area contributed by atoms with Gasteiger partial charge in [-0.05, 0) is 24.1 Å². The second-order valence-electron chi connectivity index (χ2n) is 4.81. The van der Waals surface area contributed by atoms with E-state index in [1.54, 1.807) is 16.8 Å². The number of carboxylic acids is 1. The van der Waals surface area contributed by atoms with Gasteiger partial charge in [0.1, 0.15) is 5.82 Å². The van der Waals surface area contributed by atoms with E-state index in [1.807, 2.05) is 13.8 Å². The maximum Gasteiger partial charge on any atom is 0.356 e. The van der Waals surface area contributed by atoms with Gasteiger partial charge in [-0.1, -0.05) is 26.0 Å². The first kappa shape index (κ1) is 13.3. The summed E-state index contributed by atoms with van der Waals surface area (Å²) in [6.07, 6.45) is 0. The number of carbonyl (C=O) groups is 1. The molecule has 0 aliphatic carbocycles. The fraction of sp³-hybridized carbons (Fsp3) is 0.286. The van der Waals surface area contributed by atoms with Gasteiger partial charge in [0, 0.05) is 12.1 Å². The molecule has 5 heteroatoms. The van der Waals surface area contributed by atoms with Crippen molar-refractivity contribution in [3.63, 3.8) is 0 Å². The van der Waals surface area contributed by atoms with Gasteiger partial charge in [0.15, 0.2) is 5.69 Å². The summed E-state index contributed by atoms with van der Waals surface area (Å²) in [6, 6.07) is 7.53. The smallest absolute Gasteiger partial charge is 0.356 e. The minimum Gasteiger partial charge on any atom is -0.476 e. The van der Waals surface area contributed by atoms with Crippen LogP contribution in [0.15, 0.2) is 30.3 Å².